The Kier molecular flexibility index (Phi) is 4.29. The molecule has 1 heteroatoms. The van der Waals surface area contributed by atoms with Gasteiger partial charge in [0.25, 0.3) is 0 Å². The molecule has 2 fully saturated rings. The molecule has 5 unspecified atom stereocenters. The Morgan fingerprint density at radius 2 is 1.75 bits per heavy atom. The number of hydrogen-bond acceptors (Lipinski definition) is 0. The molecule has 0 aromatic rings. The van der Waals surface area contributed by atoms with Crippen LogP contribution in [-0.2, 0) is 0 Å². The van der Waals surface area contributed by atoms with E-state index < -0.39 is 0 Å². The first-order valence-corrected chi connectivity index (χ1v) is 7.49. The van der Waals surface area contributed by atoms with Crippen LogP contribution in [0.4, 0.5) is 0 Å². The number of rotatable bonds is 2. The summed E-state index contributed by atoms with van der Waals surface area (Å²) >= 11 is 0. The highest BCUT2D eigenvalue weighted by Gasteiger charge is 2.30. The van der Waals surface area contributed by atoms with Crippen molar-refractivity contribution >= 4 is 0 Å². The van der Waals surface area contributed by atoms with Crippen LogP contribution in [0, 0.1) is 17.8 Å². The van der Waals surface area contributed by atoms with Gasteiger partial charge in [-0.05, 0) is 38.5 Å². The molecule has 1 N–H and O–H groups in total. The van der Waals surface area contributed by atoms with Crippen molar-refractivity contribution in [1.29, 1.82) is 0 Å². The standard InChI is InChI=1S/C15H29N/c1-12-5-4-6-15(9-12)11-16-10-13(2)7-8-14(16)3/h12-15H,4-11H2,1-3H3/p+1. The molecular weight excluding hydrogens is 194 g/mol. The molecule has 2 rings (SSSR count). The largest absolute Gasteiger partial charge is 0.332 e. The van der Waals surface area contributed by atoms with Gasteiger partial charge in [0.2, 0.25) is 0 Å². The Labute approximate surface area is 102 Å². The first-order valence-electron chi connectivity index (χ1n) is 7.49. The van der Waals surface area contributed by atoms with Gasteiger partial charge in [-0.2, -0.15) is 0 Å². The number of quaternary nitrogens is 1. The summed E-state index contributed by atoms with van der Waals surface area (Å²) in [7, 11) is 0. The van der Waals surface area contributed by atoms with E-state index in [2.05, 4.69) is 20.8 Å². The third-order valence-corrected chi connectivity index (χ3v) is 5.00. The van der Waals surface area contributed by atoms with Crippen LogP contribution in [-0.4, -0.2) is 19.1 Å². The maximum absolute atomic E-state index is 2.47. The maximum Gasteiger partial charge on any atom is 0.0846 e. The molecule has 1 saturated carbocycles. The Bertz CT molecular complexity index is 213. The summed E-state index contributed by atoms with van der Waals surface area (Å²) in [5, 5.41) is 0. The minimum absolute atomic E-state index is 0.924. The molecule has 0 aromatic heterocycles. The molecule has 94 valence electrons. The third-order valence-electron chi connectivity index (χ3n) is 5.00. The topological polar surface area (TPSA) is 4.44 Å². The van der Waals surface area contributed by atoms with Crippen LogP contribution < -0.4 is 4.90 Å². The predicted octanol–water partition coefficient (Wildman–Crippen LogP) is 2.52. The molecule has 16 heavy (non-hydrogen) atoms. The SMILES string of the molecule is CC1CCCC(C[NH+]2CC(C)CCC2C)C1. The number of nitrogens with one attached hydrogen (secondary N) is 1. The van der Waals surface area contributed by atoms with Gasteiger partial charge in [0.05, 0.1) is 19.1 Å². The Balaban J connectivity index is 1.82. The molecule has 0 amide bonds. The Hall–Kier alpha value is -0.0400. The molecular formula is C15H30N+. The summed E-state index contributed by atoms with van der Waals surface area (Å²) in [6.45, 7) is 10.3. The second-order valence-corrected chi connectivity index (χ2v) is 6.79. The van der Waals surface area contributed by atoms with Crippen LogP contribution in [0.5, 0.6) is 0 Å². The summed E-state index contributed by atoms with van der Waals surface area (Å²) in [6, 6.07) is 0.924. The van der Waals surface area contributed by atoms with Crippen molar-refractivity contribution in [2.45, 2.75) is 65.3 Å². The van der Waals surface area contributed by atoms with Crippen molar-refractivity contribution in [3.8, 4) is 0 Å². The lowest BCUT2D eigenvalue weighted by atomic mass is 9.81. The zero-order chi connectivity index (χ0) is 11.5. The highest BCUT2D eigenvalue weighted by atomic mass is 15.2. The second kappa shape index (κ2) is 5.53. The molecule has 0 bridgehead atoms. The number of piperidine rings is 1. The van der Waals surface area contributed by atoms with Gasteiger partial charge in [0.15, 0.2) is 0 Å². The summed E-state index contributed by atoms with van der Waals surface area (Å²) in [5.41, 5.74) is 0. The summed E-state index contributed by atoms with van der Waals surface area (Å²) in [4.78, 5) is 1.91. The lowest BCUT2D eigenvalue weighted by Gasteiger charge is -2.37. The van der Waals surface area contributed by atoms with Crippen LogP contribution in [0.2, 0.25) is 0 Å². The fourth-order valence-corrected chi connectivity index (χ4v) is 3.89. The van der Waals surface area contributed by atoms with E-state index in [0.717, 1.165) is 23.8 Å². The molecule has 5 atom stereocenters. The van der Waals surface area contributed by atoms with Crippen molar-refractivity contribution in [3.05, 3.63) is 0 Å². The zero-order valence-electron chi connectivity index (χ0n) is 11.5. The van der Waals surface area contributed by atoms with Gasteiger partial charge >= 0.3 is 0 Å². The highest BCUT2D eigenvalue weighted by Crippen LogP contribution is 2.27. The smallest absolute Gasteiger partial charge is 0.0846 e. The molecule has 1 saturated heterocycles. The second-order valence-electron chi connectivity index (χ2n) is 6.79. The molecule has 1 heterocycles. The van der Waals surface area contributed by atoms with Crippen LogP contribution >= 0.6 is 0 Å². The van der Waals surface area contributed by atoms with Gasteiger partial charge in [-0.3, -0.25) is 0 Å². The van der Waals surface area contributed by atoms with E-state index in [1.165, 1.54) is 51.6 Å². The third kappa shape index (κ3) is 3.23. The monoisotopic (exact) mass is 224 g/mol. The van der Waals surface area contributed by atoms with E-state index in [-0.39, 0.29) is 0 Å². The number of likely N-dealkylation sites (tertiary alicyclic amines) is 1. The van der Waals surface area contributed by atoms with Crippen molar-refractivity contribution in [1.82, 2.24) is 0 Å². The van der Waals surface area contributed by atoms with E-state index in [0.29, 0.717) is 0 Å². The van der Waals surface area contributed by atoms with Crippen molar-refractivity contribution < 1.29 is 4.90 Å². The van der Waals surface area contributed by atoms with Crippen molar-refractivity contribution in [2.24, 2.45) is 17.8 Å². The number of hydrogen-bond donors (Lipinski definition) is 1. The van der Waals surface area contributed by atoms with E-state index in [4.69, 9.17) is 0 Å². The lowest BCUT2D eigenvalue weighted by Crippen LogP contribution is -3.17. The first kappa shape index (κ1) is 12.4. The van der Waals surface area contributed by atoms with Crippen molar-refractivity contribution in [2.75, 3.05) is 13.1 Å². The molecule has 0 spiro atoms. The molecule has 1 aliphatic heterocycles. The van der Waals surface area contributed by atoms with Gasteiger partial charge in [-0.25, -0.2) is 0 Å². The average molecular weight is 224 g/mol. The molecule has 1 nitrogen and oxygen atoms in total. The lowest BCUT2D eigenvalue weighted by molar-refractivity contribution is -0.935. The van der Waals surface area contributed by atoms with Gasteiger partial charge in [0.1, 0.15) is 0 Å². The highest BCUT2D eigenvalue weighted by molar-refractivity contribution is 4.71. The van der Waals surface area contributed by atoms with Crippen LogP contribution in [0.1, 0.15) is 59.3 Å². The van der Waals surface area contributed by atoms with Gasteiger partial charge in [-0.15, -0.1) is 0 Å². The summed E-state index contributed by atoms with van der Waals surface area (Å²) < 4.78 is 0. The maximum atomic E-state index is 2.47. The summed E-state index contributed by atoms with van der Waals surface area (Å²) in [6.07, 6.45) is 8.91. The van der Waals surface area contributed by atoms with Gasteiger partial charge < -0.3 is 4.90 Å². The molecule has 1 aliphatic carbocycles. The minimum Gasteiger partial charge on any atom is -0.332 e. The molecule has 0 radical (unpaired) electrons. The fraction of sp³-hybridized carbons (Fsp3) is 1.00. The van der Waals surface area contributed by atoms with E-state index in [1.54, 1.807) is 0 Å². The van der Waals surface area contributed by atoms with Crippen LogP contribution in [0.15, 0.2) is 0 Å². The van der Waals surface area contributed by atoms with E-state index >= 15 is 0 Å². The van der Waals surface area contributed by atoms with Gasteiger partial charge in [0, 0.05) is 11.8 Å². The normalized spacial score (nSPS) is 45.6. The average Bonchev–Trinajstić information content (AvgIpc) is 2.24. The van der Waals surface area contributed by atoms with Crippen LogP contribution in [0.25, 0.3) is 0 Å². The van der Waals surface area contributed by atoms with Gasteiger partial charge in [-0.1, -0.05) is 26.7 Å². The van der Waals surface area contributed by atoms with Crippen molar-refractivity contribution in [3.63, 3.8) is 0 Å². The Morgan fingerprint density at radius 1 is 0.938 bits per heavy atom. The fourth-order valence-electron chi connectivity index (χ4n) is 3.89. The predicted molar refractivity (Wildman–Crippen MR) is 69.7 cm³/mol. The van der Waals surface area contributed by atoms with E-state index in [9.17, 15) is 0 Å². The van der Waals surface area contributed by atoms with E-state index in [1.807, 2.05) is 4.90 Å². The molecule has 2 aliphatic rings. The molecule has 0 aromatic carbocycles. The quantitative estimate of drug-likeness (QED) is 0.735. The first-order chi connectivity index (χ1) is 7.65. The Morgan fingerprint density at radius 3 is 2.50 bits per heavy atom. The van der Waals surface area contributed by atoms with Crippen LogP contribution in [0.3, 0.4) is 0 Å². The summed E-state index contributed by atoms with van der Waals surface area (Å²) in [5.74, 6) is 2.99. The zero-order valence-corrected chi connectivity index (χ0v) is 11.5. The minimum atomic E-state index is 0.924.